The molecule has 0 heterocycles. The molecule has 0 unspecified atom stereocenters. The lowest BCUT2D eigenvalue weighted by atomic mass is 10.1. The van der Waals surface area contributed by atoms with Crippen molar-refractivity contribution in [3.8, 4) is 6.07 Å². The van der Waals surface area contributed by atoms with E-state index in [0.717, 1.165) is 24.6 Å². The Bertz CT molecular complexity index is 438. The van der Waals surface area contributed by atoms with Gasteiger partial charge < -0.3 is 10.1 Å². The Kier molecular flexibility index (Phi) is 4.68. The second kappa shape index (κ2) is 6.48. The van der Waals surface area contributed by atoms with Crippen LogP contribution in [-0.4, -0.2) is 19.8 Å². The van der Waals surface area contributed by atoms with E-state index in [-0.39, 0.29) is 5.56 Å². The van der Waals surface area contributed by atoms with Crippen molar-refractivity contribution in [3.63, 3.8) is 0 Å². The van der Waals surface area contributed by atoms with Crippen molar-refractivity contribution in [3.05, 3.63) is 35.1 Å². The minimum Gasteiger partial charge on any atom is -0.380 e. The van der Waals surface area contributed by atoms with Gasteiger partial charge in [-0.2, -0.15) is 5.26 Å². The lowest BCUT2D eigenvalue weighted by Gasteiger charge is -2.06. The van der Waals surface area contributed by atoms with Gasteiger partial charge in [0, 0.05) is 19.7 Å². The van der Waals surface area contributed by atoms with E-state index in [4.69, 9.17) is 10.00 Å². The van der Waals surface area contributed by atoms with E-state index in [0.29, 0.717) is 13.2 Å². The molecule has 3 nitrogen and oxygen atoms in total. The summed E-state index contributed by atoms with van der Waals surface area (Å²) in [6, 6.07) is 6.44. The zero-order chi connectivity index (χ0) is 12.8. The molecule has 18 heavy (non-hydrogen) atoms. The van der Waals surface area contributed by atoms with Gasteiger partial charge >= 0.3 is 0 Å². The van der Waals surface area contributed by atoms with E-state index < -0.39 is 5.82 Å². The molecule has 1 aromatic carbocycles. The van der Waals surface area contributed by atoms with Crippen LogP contribution in [0.4, 0.5) is 4.39 Å². The van der Waals surface area contributed by atoms with Gasteiger partial charge in [-0.25, -0.2) is 4.39 Å². The number of benzene rings is 1. The molecule has 1 aliphatic carbocycles. The van der Waals surface area contributed by atoms with Crippen molar-refractivity contribution in [2.45, 2.75) is 19.4 Å². The number of hydrogen-bond donors (Lipinski definition) is 1. The molecule has 1 aliphatic rings. The number of nitrogens with one attached hydrogen (secondary N) is 1. The summed E-state index contributed by atoms with van der Waals surface area (Å²) in [4.78, 5) is 0. The third-order valence-corrected chi connectivity index (χ3v) is 2.95. The Hall–Kier alpha value is -1.44. The Morgan fingerprint density at radius 3 is 3.00 bits per heavy atom. The molecule has 0 bridgehead atoms. The molecule has 0 aromatic heterocycles. The van der Waals surface area contributed by atoms with Crippen molar-refractivity contribution < 1.29 is 9.13 Å². The van der Waals surface area contributed by atoms with Crippen LogP contribution in [0.2, 0.25) is 0 Å². The van der Waals surface area contributed by atoms with Crippen molar-refractivity contribution in [2.75, 3.05) is 19.8 Å². The van der Waals surface area contributed by atoms with E-state index in [1.165, 1.54) is 18.9 Å². The van der Waals surface area contributed by atoms with Crippen molar-refractivity contribution in [1.29, 1.82) is 5.26 Å². The lowest BCUT2D eigenvalue weighted by molar-refractivity contribution is 0.126. The fourth-order valence-corrected chi connectivity index (χ4v) is 1.68. The highest BCUT2D eigenvalue weighted by Gasteiger charge is 2.20. The molecule has 1 saturated carbocycles. The highest BCUT2D eigenvalue weighted by atomic mass is 19.1. The van der Waals surface area contributed by atoms with Crippen LogP contribution in [0.25, 0.3) is 0 Å². The Balaban J connectivity index is 1.64. The van der Waals surface area contributed by atoms with E-state index in [1.807, 2.05) is 6.07 Å². The van der Waals surface area contributed by atoms with Crippen LogP contribution in [0.3, 0.4) is 0 Å². The van der Waals surface area contributed by atoms with E-state index in [1.54, 1.807) is 12.1 Å². The summed E-state index contributed by atoms with van der Waals surface area (Å²) in [5, 5.41) is 11.9. The number of halogens is 1. The number of ether oxygens (including phenoxy) is 1. The van der Waals surface area contributed by atoms with Gasteiger partial charge in [-0.1, -0.05) is 6.07 Å². The van der Waals surface area contributed by atoms with Crippen LogP contribution in [-0.2, 0) is 11.3 Å². The van der Waals surface area contributed by atoms with E-state index in [9.17, 15) is 4.39 Å². The Morgan fingerprint density at radius 1 is 1.44 bits per heavy atom. The number of hydrogen-bond acceptors (Lipinski definition) is 3. The molecule has 0 saturated heterocycles. The molecule has 2 rings (SSSR count). The van der Waals surface area contributed by atoms with Gasteiger partial charge in [0.25, 0.3) is 0 Å². The fourth-order valence-electron chi connectivity index (χ4n) is 1.68. The standard InChI is InChI=1S/C14H17FN2O/c15-14-4-3-12(7-13(14)8-16)9-17-5-6-18-10-11-1-2-11/h3-4,7,11,17H,1-2,5-6,9-10H2. The largest absolute Gasteiger partial charge is 0.380 e. The minimum atomic E-state index is -0.464. The monoisotopic (exact) mass is 248 g/mol. The topological polar surface area (TPSA) is 45.0 Å². The molecule has 1 N–H and O–H groups in total. The third kappa shape index (κ3) is 4.10. The molecule has 0 spiro atoms. The normalized spacial score (nSPS) is 14.4. The highest BCUT2D eigenvalue weighted by molar-refractivity contribution is 5.34. The SMILES string of the molecule is N#Cc1cc(CNCCOCC2CC2)ccc1F. The van der Waals surface area contributed by atoms with Gasteiger partial charge in [0.05, 0.1) is 12.2 Å². The average molecular weight is 248 g/mol. The smallest absolute Gasteiger partial charge is 0.140 e. The maximum absolute atomic E-state index is 13.1. The van der Waals surface area contributed by atoms with Crippen molar-refractivity contribution in [2.24, 2.45) is 5.92 Å². The van der Waals surface area contributed by atoms with Gasteiger partial charge in [-0.15, -0.1) is 0 Å². The van der Waals surface area contributed by atoms with Crippen LogP contribution < -0.4 is 5.32 Å². The predicted octanol–water partition coefficient (Wildman–Crippen LogP) is 2.21. The first-order chi connectivity index (χ1) is 8.79. The van der Waals surface area contributed by atoms with Gasteiger partial charge in [0.2, 0.25) is 0 Å². The van der Waals surface area contributed by atoms with Gasteiger partial charge in [-0.3, -0.25) is 0 Å². The summed E-state index contributed by atoms with van der Waals surface area (Å²) < 4.78 is 18.6. The summed E-state index contributed by atoms with van der Waals surface area (Å²) in [6.45, 7) is 2.97. The van der Waals surface area contributed by atoms with E-state index >= 15 is 0 Å². The summed E-state index contributed by atoms with van der Waals surface area (Å²) in [6.07, 6.45) is 2.61. The summed E-state index contributed by atoms with van der Waals surface area (Å²) in [5.74, 6) is 0.328. The number of nitrogens with zero attached hydrogens (tertiary/aromatic N) is 1. The second-order valence-corrected chi connectivity index (χ2v) is 4.62. The lowest BCUT2D eigenvalue weighted by Crippen LogP contribution is -2.19. The predicted molar refractivity (Wildman–Crippen MR) is 66.4 cm³/mol. The number of rotatable bonds is 7. The first kappa shape index (κ1) is 13.0. The molecular formula is C14H17FN2O. The molecule has 1 aromatic rings. The first-order valence-electron chi connectivity index (χ1n) is 6.26. The fraction of sp³-hybridized carbons (Fsp3) is 0.500. The molecule has 0 radical (unpaired) electrons. The molecule has 1 fully saturated rings. The van der Waals surface area contributed by atoms with Crippen molar-refractivity contribution >= 4 is 0 Å². The second-order valence-electron chi connectivity index (χ2n) is 4.62. The zero-order valence-corrected chi connectivity index (χ0v) is 10.3. The molecule has 96 valence electrons. The molecule has 0 aliphatic heterocycles. The van der Waals surface area contributed by atoms with Crippen LogP contribution in [0, 0.1) is 23.1 Å². The van der Waals surface area contributed by atoms with E-state index in [2.05, 4.69) is 5.32 Å². The average Bonchev–Trinajstić information content (AvgIpc) is 3.19. The number of nitriles is 1. The van der Waals surface area contributed by atoms with Gasteiger partial charge in [0.15, 0.2) is 0 Å². The summed E-state index contributed by atoms with van der Waals surface area (Å²) >= 11 is 0. The maximum atomic E-state index is 13.1. The Morgan fingerprint density at radius 2 is 2.28 bits per heavy atom. The van der Waals surface area contributed by atoms with Crippen LogP contribution in [0.5, 0.6) is 0 Å². The van der Waals surface area contributed by atoms with Crippen LogP contribution in [0.15, 0.2) is 18.2 Å². The summed E-state index contributed by atoms with van der Waals surface area (Å²) in [7, 11) is 0. The van der Waals surface area contributed by atoms with Gasteiger partial charge in [-0.05, 0) is 36.5 Å². The van der Waals surface area contributed by atoms with Crippen LogP contribution in [0.1, 0.15) is 24.0 Å². The minimum absolute atomic E-state index is 0.0966. The quantitative estimate of drug-likeness (QED) is 0.752. The third-order valence-electron chi connectivity index (χ3n) is 2.95. The first-order valence-corrected chi connectivity index (χ1v) is 6.26. The summed E-state index contributed by atoms with van der Waals surface area (Å²) in [5.41, 5.74) is 1.01. The van der Waals surface area contributed by atoms with Gasteiger partial charge in [0.1, 0.15) is 11.9 Å². The Labute approximate surface area is 107 Å². The maximum Gasteiger partial charge on any atom is 0.140 e. The highest BCUT2D eigenvalue weighted by Crippen LogP contribution is 2.28. The van der Waals surface area contributed by atoms with Crippen LogP contribution >= 0.6 is 0 Å². The molecule has 4 heteroatoms. The zero-order valence-electron chi connectivity index (χ0n) is 10.3. The molecular weight excluding hydrogens is 231 g/mol. The van der Waals surface area contributed by atoms with Crippen molar-refractivity contribution in [1.82, 2.24) is 5.32 Å². The molecule has 0 atom stereocenters. The molecule has 0 amide bonds.